The van der Waals surface area contributed by atoms with Crippen LogP contribution < -0.4 is 20.7 Å². The summed E-state index contributed by atoms with van der Waals surface area (Å²) in [5, 5.41) is 3.25. The van der Waals surface area contributed by atoms with Crippen LogP contribution in [-0.2, 0) is 9.47 Å². The van der Waals surface area contributed by atoms with Crippen molar-refractivity contribution >= 4 is 40.1 Å². The van der Waals surface area contributed by atoms with E-state index in [2.05, 4.69) is 26.3 Å². The fourth-order valence-electron chi connectivity index (χ4n) is 4.24. The number of methoxy groups -OCH3 is 2. The van der Waals surface area contributed by atoms with Gasteiger partial charge in [0.2, 0.25) is 5.95 Å². The van der Waals surface area contributed by atoms with Gasteiger partial charge in [-0.2, -0.15) is 4.98 Å². The SMILES string of the molecule is COC(=O)c1ccccc1Nc1nc(N)nc2ccn(-c3ccc(N4CCOCC4)cc3OC)c12. The maximum absolute atomic E-state index is 12.3. The predicted molar refractivity (Wildman–Crippen MR) is 134 cm³/mol. The molecule has 1 fully saturated rings. The van der Waals surface area contributed by atoms with E-state index in [1.165, 1.54) is 7.11 Å². The average molecular weight is 475 g/mol. The number of benzene rings is 2. The minimum atomic E-state index is -0.456. The van der Waals surface area contributed by atoms with Crippen LogP contribution in [-0.4, -0.2) is 61.0 Å². The summed E-state index contributed by atoms with van der Waals surface area (Å²) in [5.74, 6) is 0.808. The molecule has 35 heavy (non-hydrogen) atoms. The highest BCUT2D eigenvalue weighted by Gasteiger charge is 2.19. The molecule has 2 aromatic heterocycles. The second kappa shape index (κ2) is 9.51. The van der Waals surface area contributed by atoms with E-state index in [-0.39, 0.29) is 5.95 Å². The number of aromatic nitrogens is 3. The number of carbonyl (C=O) groups is 1. The predicted octanol–water partition coefficient (Wildman–Crippen LogP) is 3.38. The molecule has 1 aliphatic rings. The van der Waals surface area contributed by atoms with Crippen LogP contribution in [0.3, 0.4) is 0 Å². The molecule has 5 rings (SSSR count). The molecule has 0 amide bonds. The van der Waals surface area contributed by atoms with E-state index >= 15 is 0 Å². The summed E-state index contributed by atoms with van der Waals surface area (Å²) in [5.41, 5.74) is 10.2. The maximum atomic E-state index is 12.3. The minimum Gasteiger partial charge on any atom is -0.494 e. The first-order chi connectivity index (χ1) is 17.1. The van der Waals surface area contributed by atoms with Gasteiger partial charge in [0, 0.05) is 31.0 Å². The number of nitrogens with two attached hydrogens (primary N) is 1. The fraction of sp³-hybridized carbons (Fsp3) is 0.240. The fourth-order valence-corrected chi connectivity index (χ4v) is 4.24. The molecule has 0 aliphatic carbocycles. The Kier molecular flexibility index (Phi) is 6.11. The van der Waals surface area contributed by atoms with Gasteiger partial charge in [0.25, 0.3) is 0 Å². The van der Waals surface area contributed by atoms with E-state index in [4.69, 9.17) is 19.9 Å². The number of nitrogens with zero attached hydrogens (tertiary/aromatic N) is 4. The number of esters is 1. The van der Waals surface area contributed by atoms with E-state index in [9.17, 15) is 4.79 Å². The molecule has 10 heteroatoms. The van der Waals surface area contributed by atoms with E-state index < -0.39 is 5.97 Å². The van der Waals surface area contributed by atoms with Crippen molar-refractivity contribution < 1.29 is 19.0 Å². The number of para-hydroxylation sites is 1. The number of nitrogen functional groups attached to an aromatic ring is 1. The molecule has 180 valence electrons. The standard InChI is InChI=1S/C25H26N6O4/c1-33-21-15-16(30-11-13-35-14-12-30)7-8-20(21)31-10-9-19-22(31)23(29-25(26)28-19)27-18-6-4-3-5-17(18)24(32)34-2/h3-10,15H,11-14H2,1-2H3,(H3,26,27,28,29). The molecular formula is C25H26N6O4. The quantitative estimate of drug-likeness (QED) is 0.406. The lowest BCUT2D eigenvalue weighted by Gasteiger charge is -2.29. The van der Waals surface area contributed by atoms with Gasteiger partial charge < -0.3 is 34.7 Å². The van der Waals surface area contributed by atoms with Gasteiger partial charge in [0.15, 0.2) is 5.82 Å². The second-order valence-corrected chi connectivity index (χ2v) is 7.97. The Morgan fingerprint density at radius 2 is 1.89 bits per heavy atom. The topological polar surface area (TPSA) is 117 Å². The van der Waals surface area contributed by atoms with Gasteiger partial charge in [-0.1, -0.05) is 12.1 Å². The van der Waals surface area contributed by atoms with Crippen molar-refractivity contribution in [3.05, 3.63) is 60.3 Å². The normalized spacial score (nSPS) is 13.6. The van der Waals surface area contributed by atoms with Crippen LogP contribution >= 0.6 is 0 Å². The van der Waals surface area contributed by atoms with Gasteiger partial charge in [-0.15, -0.1) is 0 Å². The molecule has 2 aromatic carbocycles. The van der Waals surface area contributed by atoms with Crippen LogP contribution in [0.2, 0.25) is 0 Å². The molecule has 0 radical (unpaired) electrons. The Balaban J connectivity index is 1.60. The molecule has 0 saturated carbocycles. The number of nitrogens with one attached hydrogen (secondary N) is 1. The van der Waals surface area contributed by atoms with Crippen molar-refractivity contribution in [2.24, 2.45) is 0 Å². The molecule has 0 unspecified atom stereocenters. The van der Waals surface area contributed by atoms with Crippen LogP contribution in [0.1, 0.15) is 10.4 Å². The number of fused-ring (bicyclic) bond motifs is 1. The van der Waals surface area contributed by atoms with Crippen molar-refractivity contribution in [3.8, 4) is 11.4 Å². The van der Waals surface area contributed by atoms with E-state index in [1.54, 1.807) is 25.3 Å². The zero-order valence-corrected chi connectivity index (χ0v) is 19.5. The van der Waals surface area contributed by atoms with Gasteiger partial charge in [0.05, 0.1) is 49.9 Å². The highest BCUT2D eigenvalue weighted by molar-refractivity contribution is 5.98. The smallest absolute Gasteiger partial charge is 0.339 e. The lowest BCUT2D eigenvalue weighted by atomic mass is 10.2. The zero-order valence-electron chi connectivity index (χ0n) is 19.5. The molecule has 0 spiro atoms. The Morgan fingerprint density at radius 1 is 1.09 bits per heavy atom. The maximum Gasteiger partial charge on any atom is 0.339 e. The number of hydrogen-bond acceptors (Lipinski definition) is 9. The van der Waals surface area contributed by atoms with Crippen molar-refractivity contribution in [3.63, 3.8) is 0 Å². The Morgan fingerprint density at radius 3 is 2.66 bits per heavy atom. The summed E-state index contributed by atoms with van der Waals surface area (Å²) in [6.45, 7) is 3.06. The van der Waals surface area contributed by atoms with E-state index in [0.29, 0.717) is 47.1 Å². The third kappa shape index (κ3) is 4.31. The zero-order chi connectivity index (χ0) is 24.4. The third-order valence-corrected chi connectivity index (χ3v) is 5.94. The summed E-state index contributed by atoms with van der Waals surface area (Å²) < 4.78 is 18.1. The molecule has 10 nitrogen and oxygen atoms in total. The van der Waals surface area contributed by atoms with Gasteiger partial charge in [-0.3, -0.25) is 0 Å². The number of carbonyl (C=O) groups excluding carboxylic acids is 1. The van der Waals surface area contributed by atoms with Gasteiger partial charge in [-0.25, -0.2) is 9.78 Å². The largest absolute Gasteiger partial charge is 0.494 e. The first-order valence-corrected chi connectivity index (χ1v) is 11.2. The molecule has 1 saturated heterocycles. The summed E-state index contributed by atoms with van der Waals surface area (Å²) >= 11 is 0. The Hall–Kier alpha value is -4.31. The lowest BCUT2D eigenvalue weighted by molar-refractivity contribution is 0.0602. The molecule has 4 aromatic rings. The van der Waals surface area contributed by atoms with Crippen molar-refractivity contribution in [1.82, 2.24) is 14.5 Å². The van der Waals surface area contributed by atoms with Crippen molar-refractivity contribution in [1.29, 1.82) is 0 Å². The Labute approximate surface area is 202 Å². The van der Waals surface area contributed by atoms with Crippen LogP contribution in [0.25, 0.3) is 16.7 Å². The van der Waals surface area contributed by atoms with Crippen LogP contribution in [0.15, 0.2) is 54.7 Å². The second-order valence-electron chi connectivity index (χ2n) is 7.97. The van der Waals surface area contributed by atoms with E-state index in [1.807, 2.05) is 35.0 Å². The number of anilines is 4. The number of rotatable bonds is 6. The Bertz CT molecular complexity index is 1380. The van der Waals surface area contributed by atoms with Gasteiger partial charge >= 0.3 is 5.97 Å². The third-order valence-electron chi connectivity index (χ3n) is 5.94. The van der Waals surface area contributed by atoms with Crippen molar-refractivity contribution in [2.45, 2.75) is 0 Å². The van der Waals surface area contributed by atoms with Crippen molar-refractivity contribution in [2.75, 3.05) is 56.5 Å². The summed E-state index contributed by atoms with van der Waals surface area (Å²) in [6, 6.07) is 15.0. The highest BCUT2D eigenvalue weighted by atomic mass is 16.5. The van der Waals surface area contributed by atoms with Crippen LogP contribution in [0.5, 0.6) is 5.75 Å². The summed E-state index contributed by atoms with van der Waals surface area (Å²) in [7, 11) is 2.99. The molecule has 3 N–H and O–H groups in total. The van der Waals surface area contributed by atoms with Gasteiger partial charge in [0.1, 0.15) is 11.3 Å². The number of ether oxygens (including phenoxy) is 3. The number of morpholine rings is 1. The lowest BCUT2D eigenvalue weighted by Crippen LogP contribution is -2.36. The summed E-state index contributed by atoms with van der Waals surface area (Å²) in [6.07, 6.45) is 1.89. The van der Waals surface area contributed by atoms with Crippen LogP contribution in [0, 0.1) is 0 Å². The molecule has 0 bridgehead atoms. The molecular weight excluding hydrogens is 448 g/mol. The minimum absolute atomic E-state index is 0.114. The monoisotopic (exact) mass is 474 g/mol. The highest BCUT2D eigenvalue weighted by Crippen LogP contribution is 2.34. The first-order valence-electron chi connectivity index (χ1n) is 11.2. The average Bonchev–Trinajstić information content (AvgIpc) is 3.32. The molecule has 1 aliphatic heterocycles. The first kappa shape index (κ1) is 22.5. The van der Waals surface area contributed by atoms with Crippen LogP contribution in [0.4, 0.5) is 23.1 Å². The number of hydrogen-bond donors (Lipinski definition) is 2. The van der Waals surface area contributed by atoms with E-state index in [0.717, 1.165) is 24.5 Å². The van der Waals surface area contributed by atoms with Gasteiger partial charge in [-0.05, 0) is 30.3 Å². The molecule has 3 heterocycles. The summed E-state index contributed by atoms with van der Waals surface area (Å²) in [4.78, 5) is 23.4. The molecule has 0 atom stereocenters.